The summed E-state index contributed by atoms with van der Waals surface area (Å²) in [7, 11) is 0. The third-order valence-electron chi connectivity index (χ3n) is 6.50. The minimum Gasteiger partial charge on any atom is -0.288 e. The van der Waals surface area contributed by atoms with E-state index in [4.69, 9.17) is 23.2 Å². The van der Waals surface area contributed by atoms with Crippen LogP contribution in [-0.2, 0) is 0 Å². The largest absolute Gasteiger partial charge is 0.288 e. The van der Waals surface area contributed by atoms with E-state index >= 15 is 0 Å². The van der Waals surface area contributed by atoms with Crippen molar-refractivity contribution in [2.75, 3.05) is 6.54 Å². The van der Waals surface area contributed by atoms with Gasteiger partial charge in [-0.05, 0) is 66.0 Å². The first-order chi connectivity index (χ1) is 12.1. The number of piperidine rings is 3. The van der Waals surface area contributed by atoms with E-state index in [2.05, 4.69) is 35.7 Å². The molecule has 2 aromatic carbocycles. The molecular formula is C22H21Cl2N. The quantitative estimate of drug-likeness (QED) is 0.561. The van der Waals surface area contributed by atoms with E-state index in [0.717, 1.165) is 16.0 Å². The second kappa shape index (κ2) is 5.87. The van der Waals surface area contributed by atoms with E-state index in [1.165, 1.54) is 36.1 Å². The van der Waals surface area contributed by atoms with Crippen LogP contribution in [0.2, 0.25) is 10.0 Å². The topological polar surface area (TPSA) is 3.24 Å². The van der Waals surface area contributed by atoms with Gasteiger partial charge in [0.1, 0.15) is 0 Å². The maximum Gasteiger partial charge on any atom is 0.0420 e. The van der Waals surface area contributed by atoms with Crippen LogP contribution in [-0.4, -0.2) is 11.4 Å². The lowest BCUT2D eigenvalue weighted by molar-refractivity contribution is -0.0746. The first kappa shape index (κ1) is 15.9. The Bertz CT molecular complexity index is 745. The molecule has 6 atom stereocenters. The molecule has 0 N–H and O–H groups in total. The molecule has 25 heavy (non-hydrogen) atoms. The fraction of sp³-hybridized carbons (Fsp3) is 0.364. The fourth-order valence-electron chi connectivity index (χ4n) is 5.53. The number of nitrogens with zero attached hydrogens (tertiary/aromatic N) is 1. The van der Waals surface area contributed by atoms with Gasteiger partial charge in [-0.25, -0.2) is 0 Å². The zero-order valence-corrected chi connectivity index (χ0v) is 15.5. The van der Waals surface area contributed by atoms with E-state index in [9.17, 15) is 0 Å². The molecule has 3 aliphatic heterocycles. The number of benzene rings is 2. The van der Waals surface area contributed by atoms with Crippen LogP contribution in [0.25, 0.3) is 0 Å². The minimum absolute atomic E-state index is 0.415. The number of rotatable bonds is 2. The van der Waals surface area contributed by atoms with E-state index in [1.54, 1.807) is 0 Å². The molecule has 0 aromatic heterocycles. The summed E-state index contributed by atoms with van der Waals surface area (Å²) in [5.74, 6) is 1.96. The molecule has 3 saturated heterocycles. The molecule has 1 saturated carbocycles. The van der Waals surface area contributed by atoms with Gasteiger partial charge in [0.05, 0.1) is 0 Å². The summed E-state index contributed by atoms with van der Waals surface area (Å²) in [5, 5.41) is 1.60. The van der Waals surface area contributed by atoms with Crippen LogP contribution >= 0.6 is 23.2 Å². The van der Waals surface area contributed by atoms with E-state index in [0.29, 0.717) is 23.9 Å². The van der Waals surface area contributed by atoms with Crippen LogP contribution in [0.1, 0.15) is 36.1 Å². The van der Waals surface area contributed by atoms with Crippen LogP contribution in [0.3, 0.4) is 0 Å². The molecule has 4 bridgehead atoms. The van der Waals surface area contributed by atoms with Gasteiger partial charge in [-0.3, -0.25) is 4.90 Å². The van der Waals surface area contributed by atoms with Gasteiger partial charge < -0.3 is 0 Å². The van der Waals surface area contributed by atoms with Crippen LogP contribution < -0.4 is 0 Å². The zero-order valence-electron chi connectivity index (χ0n) is 14.0. The minimum atomic E-state index is 0.415. The van der Waals surface area contributed by atoms with Crippen molar-refractivity contribution in [3.8, 4) is 0 Å². The monoisotopic (exact) mass is 369 g/mol. The van der Waals surface area contributed by atoms with Gasteiger partial charge in [0, 0.05) is 28.7 Å². The average Bonchev–Trinajstić information content (AvgIpc) is 2.61. The average molecular weight is 370 g/mol. The van der Waals surface area contributed by atoms with Gasteiger partial charge in [-0.1, -0.05) is 59.6 Å². The molecule has 2 unspecified atom stereocenters. The van der Waals surface area contributed by atoms with Crippen molar-refractivity contribution in [1.29, 1.82) is 0 Å². The Balaban J connectivity index is 1.60. The lowest BCUT2D eigenvalue weighted by atomic mass is 9.58. The summed E-state index contributed by atoms with van der Waals surface area (Å²) in [6.07, 6.45) is 2.57. The maximum atomic E-state index is 6.13. The molecule has 0 amide bonds. The van der Waals surface area contributed by atoms with Crippen molar-refractivity contribution in [3.05, 3.63) is 81.9 Å². The highest BCUT2D eigenvalue weighted by atomic mass is 35.5. The second-order valence-corrected chi connectivity index (χ2v) is 8.69. The predicted octanol–water partition coefficient (Wildman–Crippen LogP) is 6.30. The highest BCUT2D eigenvalue weighted by molar-refractivity contribution is 6.30. The molecule has 2 aromatic rings. The Kier molecular flexibility index (Phi) is 3.74. The van der Waals surface area contributed by atoms with Crippen molar-refractivity contribution < 1.29 is 0 Å². The molecule has 1 nitrogen and oxygen atoms in total. The molecule has 4 fully saturated rings. The molecule has 0 spiro atoms. The van der Waals surface area contributed by atoms with Gasteiger partial charge in [-0.15, -0.1) is 0 Å². The molecule has 1 aliphatic carbocycles. The SMILES string of the molecule is C=C1[C@H]2CC3C[C@@H]1[C@@H](c1ccc(Cl)cc1)N(C3)[C@@H]2c1ccc(Cl)cc1. The standard InChI is InChI=1S/C22H21Cl2N/c1-13-19-10-14-11-20(13)22(16-4-8-18(24)9-5-16)25(12-14)21(19)15-2-6-17(23)7-3-15/h2-9,14,19-22H,1,10-12H2/t14?,19-,20+,21-,22-/m1/s1. The summed E-state index contributed by atoms with van der Waals surface area (Å²) >= 11 is 12.3. The lowest BCUT2D eigenvalue weighted by Crippen LogP contribution is -2.57. The summed E-state index contributed by atoms with van der Waals surface area (Å²) < 4.78 is 0. The molecule has 3 heterocycles. The van der Waals surface area contributed by atoms with E-state index in [1.807, 2.05) is 24.3 Å². The van der Waals surface area contributed by atoms with Crippen LogP contribution in [0, 0.1) is 17.8 Å². The van der Waals surface area contributed by atoms with Crippen molar-refractivity contribution >= 4 is 23.2 Å². The lowest BCUT2D eigenvalue weighted by Gasteiger charge is -2.61. The predicted molar refractivity (Wildman–Crippen MR) is 104 cm³/mol. The molecule has 0 radical (unpaired) electrons. The van der Waals surface area contributed by atoms with Gasteiger partial charge >= 0.3 is 0 Å². The third-order valence-corrected chi connectivity index (χ3v) is 7.00. The Morgan fingerprint density at radius 3 is 1.64 bits per heavy atom. The van der Waals surface area contributed by atoms with Gasteiger partial charge in [0.25, 0.3) is 0 Å². The highest BCUT2D eigenvalue weighted by Gasteiger charge is 2.54. The first-order valence-corrected chi connectivity index (χ1v) is 9.83. The zero-order chi connectivity index (χ0) is 17.1. The van der Waals surface area contributed by atoms with Crippen LogP contribution in [0.15, 0.2) is 60.7 Å². The normalized spacial score (nSPS) is 36.0. The first-order valence-electron chi connectivity index (χ1n) is 9.07. The Hall–Kier alpha value is -1.28. The molecule has 6 rings (SSSR count). The van der Waals surface area contributed by atoms with Crippen molar-refractivity contribution in [1.82, 2.24) is 4.90 Å². The number of hydrogen-bond acceptors (Lipinski definition) is 1. The van der Waals surface area contributed by atoms with Crippen LogP contribution in [0.4, 0.5) is 0 Å². The summed E-state index contributed by atoms with van der Waals surface area (Å²) in [5.41, 5.74) is 4.19. The van der Waals surface area contributed by atoms with E-state index < -0.39 is 0 Å². The van der Waals surface area contributed by atoms with E-state index in [-0.39, 0.29) is 0 Å². The smallest absolute Gasteiger partial charge is 0.0420 e. The van der Waals surface area contributed by atoms with Gasteiger partial charge in [0.15, 0.2) is 0 Å². The number of halogens is 2. The Morgan fingerprint density at radius 1 is 0.760 bits per heavy atom. The maximum absolute atomic E-state index is 6.13. The summed E-state index contributed by atoms with van der Waals surface area (Å²) in [6.45, 7) is 5.74. The second-order valence-electron chi connectivity index (χ2n) is 7.81. The Labute approximate surface area is 159 Å². The van der Waals surface area contributed by atoms with Crippen molar-refractivity contribution in [2.24, 2.45) is 17.8 Å². The van der Waals surface area contributed by atoms with Gasteiger partial charge in [-0.2, -0.15) is 0 Å². The molecule has 128 valence electrons. The highest BCUT2D eigenvalue weighted by Crippen LogP contribution is 2.61. The fourth-order valence-corrected chi connectivity index (χ4v) is 5.78. The molecule has 4 aliphatic rings. The molecule has 3 heteroatoms. The van der Waals surface area contributed by atoms with Gasteiger partial charge in [0.2, 0.25) is 0 Å². The van der Waals surface area contributed by atoms with Crippen molar-refractivity contribution in [2.45, 2.75) is 24.9 Å². The summed E-state index contributed by atoms with van der Waals surface area (Å²) in [4.78, 5) is 2.73. The Morgan fingerprint density at radius 2 is 1.20 bits per heavy atom. The molecular weight excluding hydrogens is 349 g/mol. The number of hydrogen-bond donors (Lipinski definition) is 0. The summed E-state index contributed by atoms with van der Waals surface area (Å²) in [6, 6.07) is 17.7. The third kappa shape index (κ3) is 2.48. The van der Waals surface area contributed by atoms with Crippen molar-refractivity contribution in [3.63, 3.8) is 0 Å². The van der Waals surface area contributed by atoms with Crippen LogP contribution in [0.5, 0.6) is 0 Å².